The summed E-state index contributed by atoms with van der Waals surface area (Å²) >= 11 is 0. The molecule has 80 valence electrons. The normalized spacial score (nSPS) is 11.7. The van der Waals surface area contributed by atoms with E-state index in [4.69, 9.17) is 4.74 Å². The molecule has 0 aliphatic rings. The van der Waals surface area contributed by atoms with Crippen molar-refractivity contribution in [3.63, 3.8) is 0 Å². The van der Waals surface area contributed by atoms with Crippen LogP contribution < -0.4 is 5.32 Å². The summed E-state index contributed by atoms with van der Waals surface area (Å²) in [7, 11) is 1.69. The van der Waals surface area contributed by atoms with Crippen LogP contribution in [0, 0.1) is 0 Å². The van der Waals surface area contributed by atoms with Crippen molar-refractivity contribution < 1.29 is 4.74 Å². The Bertz CT molecular complexity index is 275. The van der Waals surface area contributed by atoms with Crippen LogP contribution in [0.1, 0.15) is 26.5 Å². The molecule has 1 aromatic rings. The van der Waals surface area contributed by atoms with E-state index in [1.807, 2.05) is 6.07 Å². The first-order valence-electron chi connectivity index (χ1n) is 4.83. The molecule has 0 atom stereocenters. The quantitative estimate of drug-likeness (QED) is 0.723. The lowest BCUT2D eigenvalue weighted by Crippen LogP contribution is -2.11. The molecule has 4 nitrogen and oxygen atoms in total. The van der Waals surface area contributed by atoms with Crippen LogP contribution in [0.5, 0.6) is 0 Å². The largest absolute Gasteiger partial charge is 0.383 e. The van der Waals surface area contributed by atoms with Gasteiger partial charge in [-0.15, -0.1) is 0 Å². The van der Waals surface area contributed by atoms with E-state index in [1.165, 1.54) is 0 Å². The molecule has 1 aromatic heterocycles. The molecule has 0 radical (unpaired) electrons. The minimum Gasteiger partial charge on any atom is -0.383 e. The number of nitrogens with zero attached hydrogens (tertiary/aromatic N) is 1. The summed E-state index contributed by atoms with van der Waals surface area (Å²) in [6.45, 7) is 7.93. The van der Waals surface area contributed by atoms with E-state index in [0.717, 1.165) is 18.1 Å². The van der Waals surface area contributed by atoms with Crippen molar-refractivity contribution in [1.82, 2.24) is 10.2 Å². The molecule has 4 heteroatoms. The summed E-state index contributed by atoms with van der Waals surface area (Å²) in [6.07, 6.45) is 0. The van der Waals surface area contributed by atoms with E-state index in [9.17, 15) is 0 Å². The molecular weight excluding hydrogens is 178 g/mol. The third-order valence-corrected chi connectivity index (χ3v) is 2.00. The Balaban J connectivity index is 2.51. The fourth-order valence-corrected chi connectivity index (χ4v) is 1.08. The average Bonchev–Trinajstić information content (AvgIpc) is 2.52. The number of hydrogen-bond donors (Lipinski definition) is 2. The molecule has 14 heavy (non-hydrogen) atoms. The van der Waals surface area contributed by atoms with Gasteiger partial charge in [-0.05, 0) is 0 Å². The Morgan fingerprint density at radius 3 is 2.71 bits per heavy atom. The van der Waals surface area contributed by atoms with Crippen molar-refractivity contribution >= 4 is 5.82 Å². The zero-order valence-corrected chi connectivity index (χ0v) is 9.35. The number of aromatic nitrogens is 2. The highest BCUT2D eigenvalue weighted by atomic mass is 16.5. The van der Waals surface area contributed by atoms with Gasteiger partial charge in [0.2, 0.25) is 0 Å². The SMILES string of the molecule is COCCNc1cc(C(C)(C)C)[nH]n1. The standard InChI is InChI=1S/C10H19N3O/c1-10(2,3)8-7-9(13-12-8)11-5-6-14-4/h7H,5-6H2,1-4H3,(H2,11,12,13). The third kappa shape index (κ3) is 3.03. The van der Waals surface area contributed by atoms with E-state index in [-0.39, 0.29) is 5.41 Å². The van der Waals surface area contributed by atoms with Gasteiger partial charge < -0.3 is 10.1 Å². The lowest BCUT2D eigenvalue weighted by molar-refractivity contribution is 0.210. The maximum absolute atomic E-state index is 4.94. The molecule has 1 rings (SSSR count). The van der Waals surface area contributed by atoms with E-state index in [1.54, 1.807) is 7.11 Å². The van der Waals surface area contributed by atoms with E-state index in [0.29, 0.717) is 6.61 Å². The van der Waals surface area contributed by atoms with Crippen LogP contribution in [0.4, 0.5) is 5.82 Å². The molecule has 2 N–H and O–H groups in total. The molecule has 0 bridgehead atoms. The minimum atomic E-state index is 0.119. The summed E-state index contributed by atoms with van der Waals surface area (Å²) in [6, 6.07) is 2.04. The van der Waals surface area contributed by atoms with Crippen LogP contribution in [-0.4, -0.2) is 30.5 Å². The first-order chi connectivity index (χ1) is 6.54. The number of hydrogen-bond acceptors (Lipinski definition) is 3. The second-order valence-electron chi connectivity index (χ2n) is 4.34. The van der Waals surface area contributed by atoms with Crippen molar-refractivity contribution in [1.29, 1.82) is 0 Å². The predicted molar refractivity (Wildman–Crippen MR) is 57.7 cm³/mol. The summed E-state index contributed by atoms with van der Waals surface area (Å²) < 4.78 is 4.94. The maximum atomic E-state index is 4.94. The van der Waals surface area contributed by atoms with Gasteiger partial charge in [-0.1, -0.05) is 20.8 Å². The fraction of sp³-hybridized carbons (Fsp3) is 0.700. The Hall–Kier alpha value is -1.03. The molecule has 0 saturated heterocycles. The Morgan fingerprint density at radius 1 is 1.50 bits per heavy atom. The van der Waals surface area contributed by atoms with Crippen LogP contribution >= 0.6 is 0 Å². The number of methoxy groups -OCH3 is 1. The van der Waals surface area contributed by atoms with Gasteiger partial charge in [-0.25, -0.2) is 0 Å². The molecule has 0 amide bonds. The molecule has 0 aliphatic carbocycles. The van der Waals surface area contributed by atoms with Crippen molar-refractivity contribution in [2.45, 2.75) is 26.2 Å². The summed E-state index contributed by atoms with van der Waals surface area (Å²) in [5, 5.41) is 10.4. The number of aromatic amines is 1. The highest BCUT2D eigenvalue weighted by Gasteiger charge is 2.16. The molecule has 1 heterocycles. The van der Waals surface area contributed by atoms with E-state index < -0.39 is 0 Å². The highest BCUT2D eigenvalue weighted by molar-refractivity contribution is 5.37. The fourth-order valence-electron chi connectivity index (χ4n) is 1.08. The average molecular weight is 197 g/mol. The molecule has 0 saturated carbocycles. The predicted octanol–water partition coefficient (Wildman–Crippen LogP) is 1.77. The van der Waals surface area contributed by atoms with Gasteiger partial charge in [0.15, 0.2) is 0 Å². The number of H-pyrrole nitrogens is 1. The third-order valence-electron chi connectivity index (χ3n) is 2.00. The van der Waals surface area contributed by atoms with Crippen LogP contribution in [0.15, 0.2) is 6.07 Å². The lowest BCUT2D eigenvalue weighted by Gasteiger charge is -2.14. The topological polar surface area (TPSA) is 49.9 Å². The summed E-state index contributed by atoms with van der Waals surface area (Å²) in [5.41, 5.74) is 1.26. The number of rotatable bonds is 4. The van der Waals surface area contributed by atoms with Gasteiger partial charge in [-0.2, -0.15) is 5.10 Å². The molecule has 0 aliphatic heterocycles. The molecule has 0 aromatic carbocycles. The Labute approximate surface area is 85.0 Å². The molecule has 0 spiro atoms. The van der Waals surface area contributed by atoms with Crippen molar-refractivity contribution in [2.24, 2.45) is 0 Å². The Morgan fingerprint density at radius 2 is 2.21 bits per heavy atom. The van der Waals surface area contributed by atoms with Gasteiger partial charge >= 0.3 is 0 Å². The lowest BCUT2D eigenvalue weighted by atomic mass is 9.92. The van der Waals surface area contributed by atoms with Gasteiger partial charge in [0, 0.05) is 30.8 Å². The zero-order chi connectivity index (χ0) is 10.6. The second kappa shape index (κ2) is 4.46. The number of anilines is 1. The zero-order valence-electron chi connectivity index (χ0n) is 9.35. The minimum absolute atomic E-state index is 0.119. The van der Waals surface area contributed by atoms with E-state index >= 15 is 0 Å². The van der Waals surface area contributed by atoms with Crippen molar-refractivity contribution in [2.75, 3.05) is 25.6 Å². The summed E-state index contributed by atoms with van der Waals surface area (Å²) in [4.78, 5) is 0. The maximum Gasteiger partial charge on any atom is 0.148 e. The monoisotopic (exact) mass is 197 g/mol. The van der Waals surface area contributed by atoms with Crippen LogP contribution in [-0.2, 0) is 10.2 Å². The summed E-state index contributed by atoms with van der Waals surface area (Å²) in [5.74, 6) is 0.881. The first-order valence-corrected chi connectivity index (χ1v) is 4.83. The van der Waals surface area contributed by atoms with Gasteiger partial charge in [0.25, 0.3) is 0 Å². The van der Waals surface area contributed by atoms with Crippen molar-refractivity contribution in [3.8, 4) is 0 Å². The smallest absolute Gasteiger partial charge is 0.148 e. The molecular formula is C10H19N3O. The number of nitrogens with one attached hydrogen (secondary N) is 2. The van der Waals surface area contributed by atoms with Crippen LogP contribution in [0.25, 0.3) is 0 Å². The second-order valence-corrected chi connectivity index (χ2v) is 4.34. The Kier molecular flexibility index (Phi) is 3.52. The van der Waals surface area contributed by atoms with Gasteiger partial charge in [-0.3, -0.25) is 5.10 Å². The highest BCUT2D eigenvalue weighted by Crippen LogP contribution is 2.21. The molecule has 0 unspecified atom stereocenters. The van der Waals surface area contributed by atoms with E-state index in [2.05, 4.69) is 36.3 Å². The molecule has 0 fully saturated rings. The van der Waals surface area contributed by atoms with Crippen LogP contribution in [0.2, 0.25) is 0 Å². The van der Waals surface area contributed by atoms with Gasteiger partial charge in [0.05, 0.1) is 6.61 Å². The van der Waals surface area contributed by atoms with Crippen LogP contribution in [0.3, 0.4) is 0 Å². The number of ether oxygens (including phenoxy) is 1. The van der Waals surface area contributed by atoms with Gasteiger partial charge in [0.1, 0.15) is 5.82 Å². The first kappa shape index (κ1) is 11.0. The van der Waals surface area contributed by atoms with Crippen molar-refractivity contribution in [3.05, 3.63) is 11.8 Å².